The molecule has 34 heavy (non-hydrogen) atoms. The van der Waals surface area contributed by atoms with Gasteiger partial charge in [0, 0.05) is 6.20 Å². The standard InChI is InChI=1S/C28H38N4.CH4S/c1-7-8-24(26-17-32-27(15-20(26)5)30-21(6)31-32)28(18(2)3)25-16-23(10-9-19(25)4)22-11-13-29-14-12-22;1-2/h9-10,15-18,22,29H,7-8,11-14H2,1-6H3;2H,1H3/b28-24+;. The summed E-state index contributed by atoms with van der Waals surface area (Å²) in [5, 5.41) is 8.11. The van der Waals surface area contributed by atoms with E-state index in [2.05, 4.69) is 93.1 Å². The highest BCUT2D eigenvalue weighted by atomic mass is 32.1. The third-order valence-corrected chi connectivity index (χ3v) is 6.88. The van der Waals surface area contributed by atoms with Crippen molar-refractivity contribution in [1.29, 1.82) is 0 Å². The molecule has 0 atom stereocenters. The van der Waals surface area contributed by atoms with Crippen LogP contribution in [-0.4, -0.2) is 33.9 Å². The van der Waals surface area contributed by atoms with Crippen molar-refractivity contribution in [2.75, 3.05) is 19.3 Å². The molecule has 0 unspecified atom stereocenters. The number of nitrogens with one attached hydrogen (secondary N) is 1. The van der Waals surface area contributed by atoms with E-state index in [4.69, 9.17) is 0 Å². The van der Waals surface area contributed by atoms with Gasteiger partial charge in [0.05, 0.1) is 0 Å². The van der Waals surface area contributed by atoms with Crippen molar-refractivity contribution in [2.45, 2.75) is 73.1 Å². The maximum absolute atomic E-state index is 4.60. The third-order valence-electron chi connectivity index (χ3n) is 6.88. The van der Waals surface area contributed by atoms with Crippen molar-refractivity contribution in [2.24, 2.45) is 5.92 Å². The Kier molecular flexibility index (Phi) is 9.38. The molecule has 4 rings (SSSR count). The van der Waals surface area contributed by atoms with Crippen LogP contribution in [0.15, 0.2) is 30.5 Å². The van der Waals surface area contributed by atoms with Crippen LogP contribution in [-0.2, 0) is 0 Å². The number of allylic oxidation sites excluding steroid dienone is 2. The van der Waals surface area contributed by atoms with Gasteiger partial charge in [-0.1, -0.05) is 45.4 Å². The second-order valence-electron chi connectivity index (χ2n) is 9.73. The summed E-state index contributed by atoms with van der Waals surface area (Å²) in [6, 6.07) is 9.39. The minimum atomic E-state index is 0.436. The van der Waals surface area contributed by atoms with Gasteiger partial charge >= 0.3 is 0 Å². The molecule has 0 saturated carbocycles. The molecular formula is C29H42N4S. The van der Waals surface area contributed by atoms with E-state index in [-0.39, 0.29) is 0 Å². The zero-order valence-electron chi connectivity index (χ0n) is 22.1. The van der Waals surface area contributed by atoms with Gasteiger partial charge in [-0.3, -0.25) is 0 Å². The topological polar surface area (TPSA) is 42.2 Å². The molecule has 3 heterocycles. The molecule has 1 N–H and O–H groups in total. The first-order chi connectivity index (χ1) is 16.4. The molecule has 0 spiro atoms. The smallest absolute Gasteiger partial charge is 0.155 e. The molecule has 4 nitrogen and oxygen atoms in total. The number of thiol groups is 1. The number of fused-ring (bicyclic) bond motifs is 1. The first kappa shape index (κ1) is 26.5. The zero-order chi connectivity index (χ0) is 24.8. The van der Waals surface area contributed by atoms with Crippen LogP contribution in [0.5, 0.6) is 0 Å². The summed E-state index contributed by atoms with van der Waals surface area (Å²) in [5.41, 5.74) is 10.7. The molecule has 184 valence electrons. The number of rotatable bonds is 6. The third kappa shape index (κ3) is 5.75. The number of piperidine rings is 1. The van der Waals surface area contributed by atoms with E-state index >= 15 is 0 Å². The largest absolute Gasteiger partial charge is 0.317 e. The Morgan fingerprint density at radius 1 is 1.06 bits per heavy atom. The van der Waals surface area contributed by atoms with E-state index in [0.29, 0.717) is 11.8 Å². The minimum Gasteiger partial charge on any atom is -0.317 e. The lowest BCUT2D eigenvalue weighted by molar-refractivity contribution is 0.460. The van der Waals surface area contributed by atoms with E-state index < -0.39 is 0 Å². The highest BCUT2D eigenvalue weighted by molar-refractivity contribution is 7.79. The number of hydrogen-bond acceptors (Lipinski definition) is 4. The molecule has 1 aliphatic heterocycles. The second-order valence-corrected chi connectivity index (χ2v) is 9.73. The van der Waals surface area contributed by atoms with E-state index in [1.54, 1.807) is 6.26 Å². The second kappa shape index (κ2) is 12.0. The number of nitrogens with zero attached hydrogens (tertiary/aromatic N) is 3. The van der Waals surface area contributed by atoms with Gasteiger partial charge in [0.25, 0.3) is 0 Å². The maximum Gasteiger partial charge on any atom is 0.155 e. The number of aryl methyl sites for hydroxylation is 3. The molecule has 5 heteroatoms. The van der Waals surface area contributed by atoms with E-state index in [1.807, 2.05) is 11.4 Å². The number of hydrogen-bond donors (Lipinski definition) is 2. The van der Waals surface area contributed by atoms with Gasteiger partial charge < -0.3 is 5.32 Å². The van der Waals surface area contributed by atoms with Crippen LogP contribution in [0, 0.1) is 26.7 Å². The molecule has 1 aliphatic rings. The predicted octanol–water partition coefficient (Wildman–Crippen LogP) is 7.03. The summed E-state index contributed by atoms with van der Waals surface area (Å²) in [7, 11) is 0. The average molecular weight is 479 g/mol. The molecule has 0 aliphatic carbocycles. The Balaban J connectivity index is 0.00000158. The Morgan fingerprint density at radius 3 is 2.41 bits per heavy atom. The predicted molar refractivity (Wildman–Crippen MR) is 150 cm³/mol. The lowest BCUT2D eigenvalue weighted by atomic mass is 9.81. The first-order valence-corrected chi connectivity index (χ1v) is 13.6. The molecular weight excluding hydrogens is 436 g/mol. The van der Waals surface area contributed by atoms with Crippen LogP contribution in [0.2, 0.25) is 0 Å². The highest BCUT2D eigenvalue weighted by Crippen LogP contribution is 2.39. The summed E-state index contributed by atoms with van der Waals surface area (Å²) in [5.74, 6) is 1.91. The number of benzene rings is 1. The Morgan fingerprint density at radius 2 is 1.76 bits per heavy atom. The fourth-order valence-electron chi connectivity index (χ4n) is 5.28. The van der Waals surface area contributed by atoms with E-state index in [9.17, 15) is 0 Å². The summed E-state index contributed by atoms with van der Waals surface area (Å²) >= 11 is 3.53. The van der Waals surface area contributed by atoms with Gasteiger partial charge in [-0.05, 0) is 116 Å². The van der Waals surface area contributed by atoms with Crippen LogP contribution in [0.1, 0.15) is 86.0 Å². The van der Waals surface area contributed by atoms with Crippen LogP contribution in [0.25, 0.3) is 16.8 Å². The van der Waals surface area contributed by atoms with E-state index in [0.717, 1.165) is 37.4 Å². The average Bonchev–Trinajstić information content (AvgIpc) is 3.19. The molecule has 2 aromatic heterocycles. The molecule has 0 bridgehead atoms. The normalized spacial score (nSPS) is 15.3. The minimum absolute atomic E-state index is 0.436. The molecule has 1 aromatic carbocycles. The summed E-state index contributed by atoms with van der Waals surface area (Å²) in [4.78, 5) is 4.57. The SMILES string of the molecule is CCC/C(=C(\c1cc(C2CCNCC2)ccc1C)C(C)C)c1cn2nc(C)nc2cc1C.CS. The first-order valence-electron chi connectivity index (χ1n) is 12.7. The molecule has 1 fully saturated rings. The summed E-state index contributed by atoms with van der Waals surface area (Å²) in [6.07, 6.45) is 8.53. The van der Waals surface area contributed by atoms with Crippen molar-refractivity contribution >= 4 is 29.4 Å². The van der Waals surface area contributed by atoms with Crippen molar-refractivity contribution in [3.05, 3.63) is 64.1 Å². The van der Waals surface area contributed by atoms with Crippen LogP contribution in [0.4, 0.5) is 0 Å². The van der Waals surface area contributed by atoms with Crippen molar-refractivity contribution in [3.8, 4) is 0 Å². The van der Waals surface area contributed by atoms with Gasteiger partial charge in [-0.15, -0.1) is 0 Å². The summed E-state index contributed by atoms with van der Waals surface area (Å²) < 4.78 is 1.95. The van der Waals surface area contributed by atoms with E-state index in [1.165, 1.54) is 51.8 Å². The molecule has 0 amide bonds. The maximum atomic E-state index is 4.60. The Bertz CT molecular complexity index is 1140. The van der Waals surface area contributed by atoms with Crippen molar-refractivity contribution in [1.82, 2.24) is 19.9 Å². The Hall–Kier alpha value is -2.11. The fraction of sp³-hybridized carbons (Fsp3) is 0.517. The number of aromatic nitrogens is 3. The highest BCUT2D eigenvalue weighted by Gasteiger charge is 2.21. The van der Waals surface area contributed by atoms with Gasteiger partial charge in [0.1, 0.15) is 5.82 Å². The van der Waals surface area contributed by atoms with Crippen LogP contribution in [0.3, 0.4) is 0 Å². The molecule has 1 saturated heterocycles. The van der Waals surface area contributed by atoms with Gasteiger partial charge in [0.2, 0.25) is 0 Å². The zero-order valence-corrected chi connectivity index (χ0v) is 23.0. The molecule has 3 aromatic rings. The van der Waals surface area contributed by atoms with Crippen LogP contribution >= 0.6 is 12.6 Å². The van der Waals surface area contributed by atoms with Gasteiger partial charge in [0.15, 0.2) is 5.65 Å². The van der Waals surface area contributed by atoms with Crippen LogP contribution < -0.4 is 5.32 Å². The quantitative estimate of drug-likeness (QED) is 0.374. The van der Waals surface area contributed by atoms with Gasteiger partial charge in [-0.2, -0.15) is 17.7 Å². The molecule has 0 radical (unpaired) electrons. The van der Waals surface area contributed by atoms with Crippen molar-refractivity contribution < 1.29 is 0 Å². The van der Waals surface area contributed by atoms with Gasteiger partial charge in [-0.25, -0.2) is 9.50 Å². The lowest BCUT2D eigenvalue weighted by Gasteiger charge is -2.26. The lowest BCUT2D eigenvalue weighted by Crippen LogP contribution is -2.26. The fourth-order valence-corrected chi connectivity index (χ4v) is 5.28. The van der Waals surface area contributed by atoms with Crippen molar-refractivity contribution in [3.63, 3.8) is 0 Å². The summed E-state index contributed by atoms with van der Waals surface area (Å²) in [6.45, 7) is 15.7. The Labute approximate surface area is 211 Å². The number of pyridine rings is 1. The monoisotopic (exact) mass is 478 g/mol.